The third-order valence-corrected chi connectivity index (χ3v) is 4.53. The zero-order valence-electron chi connectivity index (χ0n) is 14.0. The number of nitrogens with zero attached hydrogens (tertiary/aromatic N) is 5. The van der Waals surface area contributed by atoms with Crippen LogP contribution in [0.3, 0.4) is 0 Å². The fraction of sp³-hybridized carbons (Fsp3) is 0.333. The number of rotatable bonds is 4. The van der Waals surface area contributed by atoms with Gasteiger partial charge in [-0.25, -0.2) is 4.68 Å². The molecule has 1 aliphatic heterocycles. The maximum atomic E-state index is 13.2. The Morgan fingerprint density at radius 3 is 2.61 bits per heavy atom. The molecule has 2 heterocycles. The van der Waals surface area contributed by atoms with Gasteiger partial charge in [-0.05, 0) is 12.5 Å². The summed E-state index contributed by atoms with van der Waals surface area (Å²) in [7, 11) is 0. The number of carboxylic acid groups (broad SMARTS) is 1. The Morgan fingerprint density at radius 1 is 1.32 bits per heavy atom. The van der Waals surface area contributed by atoms with Crippen LogP contribution in [0.25, 0.3) is 5.69 Å². The summed E-state index contributed by atoms with van der Waals surface area (Å²) >= 11 is 0. The molecule has 0 radical (unpaired) electrons. The van der Waals surface area contributed by atoms with Gasteiger partial charge in [0.15, 0.2) is 11.1 Å². The molecule has 0 saturated carbocycles. The van der Waals surface area contributed by atoms with E-state index in [9.17, 15) is 32.9 Å². The minimum atomic E-state index is -5.02. The van der Waals surface area contributed by atoms with Crippen molar-refractivity contribution < 1.29 is 32.8 Å². The summed E-state index contributed by atoms with van der Waals surface area (Å²) < 4.78 is 40.7. The van der Waals surface area contributed by atoms with Crippen LogP contribution in [0.4, 0.5) is 18.9 Å². The van der Waals surface area contributed by atoms with Crippen LogP contribution in [-0.4, -0.2) is 61.1 Å². The maximum absolute atomic E-state index is 13.2. The first kappa shape index (κ1) is 19.3. The van der Waals surface area contributed by atoms with Crippen molar-refractivity contribution in [3.63, 3.8) is 0 Å². The molecule has 0 bridgehead atoms. The van der Waals surface area contributed by atoms with Gasteiger partial charge in [-0.2, -0.15) is 13.2 Å². The lowest BCUT2D eigenvalue weighted by molar-refractivity contribution is -0.384. The van der Waals surface area contributed by atoms with Gasteiger partial charge in [0.2, 0.25) is 0 Å². The molecule has 1 unspecified atom stereocenters. The molecule has 10 nitrogen and oxygen atoms in total. The first-order valence-corrected chi connectivity index (χ1v) is 7.82. The van der Waals surface area contributed by atoms with Gasteiger partial charge < -0.3 is 10.0 Å². The molecular weight excluding hydrogens is 387 g/mol. The average Bonchev–Trinajstić information content (AvgIpc) is 3.29. The van der Waals surface area contributed by atoms with Crippen molar-refractivity contribution in [1.29, 1.82) is 0 Å². The Bertz CT molecular complexity index is 960. The number of carbonyl (C=O) groups excluding carboxylic acids is 1. The second-order valence-electron chi connectivity index (χ2n) is 6.19. The van der Waals surface area contributed by atoms with Crippen LogP contribution in [-0.2, 0) is 4.79 Å². The lowest BCUT2D eigenvalue weighted by Gasteiger charge is -2.26. The molecule has 0 aliphatic carbocycles. The summed E-state index contributed by atoms with van der Waals surface area (Å²) in [6.07, 6.45) is -4.68. The standard InChI is InChI=1S/C15H12F3N5O5/c16-15(17,18)14(13(25)26)4-5-21(8-14)12(24)11-7-22(20-19-11)9-2-1-3-10(6-9)23(27)28/h1-3,6-7H,4-5,8H2,(H,25,26). The van der Waals surface area contributed by atoms with Crippen molar-refractivity contribution >= 4 is 17.6 Å². The number of likely N-dealkylation sites (tertiary alicyclic amines) is 1. The number of halogens is 3. The van der Waals surface area contributed by atoms with E-state index in [4.69, 9.17) is 5.11 Å². The van der Waals surface area contributed by atoms with Crippen LogP contribution in [0, 0.1) is 15.5 Å². The van der Waals surface area contributed by atoms with Gasteiger partial charge in [-0.15, -0.1) is 5.10 Å². The molecule has 1 amide bonds. The highest BCUT2D eigenvalue weighted by molar-refractivity contribution is 5.93. The predicted octanol–water partition coefficient (Wildman–Crippen LogP) is 1.65. The largest absolute Gasteiger partial charge is 0.481 e. The van der Waals surface area contributed by atoms with Gasteiger partial charge in [-0.3, -0.25) is 19.7 Å². The fourth-order valence-electron chi connectivity index (χ4n) is 2.91. The van der Waals surface area contributed by atoms with Gasteiger partial charge >= 0.3 is 12.1 Å². The molecular formula is C15H12F3N5O5. The number of hydrogen-bond donors (Lipinski definition) is 1. The fourth-order valence-corrected chi connectivity index (χ4v) is 2.91. The van der Waals surface area contributed by atoms with Crippen molar-refractivity contribution in [3.05, 3.63) is 46.3 Å². The molecule has 3 rings (SSSR count). The number of amides is 1. The minimum Gasteiger partial charge on any atom is -0.481 e. The Morgan fingerprint density at radius 2 is 2.04 bits per heavy atom. The van der Waals surface area contributed by atoms with E-state index in [1.807, 2.05) is 0 Å². The number of carbonyl (C=O) groups is 2. The summed E-state index contributed by atoms with van der Waals surface area (Å²) in [5, 5.41) is 27.1. The molecule has 1 N–H and O–H groups in total. The third-order valence-electron chi connectivity index (χ3n) is 4.53. The lowest BCUT2D eigenvalue weighted by Crippen LogP contribution is -2.47. The van der Waals surface area contributed by atoms with Crippen LogP contribution in [0.1, 0.15) is 16.9 Å². The number of aliphatic carboxylic acids is 1. The number of alkyl halides is 3. The Hall–Kier alpha value is -3.51. The van der Waals surface area contributed by atoms with Crippen LogP contribution in [0.5, 0.6) is 0 Å². The highest BCUT2D eigenvalue weighted by Gasteiger charge is 2.64. The quantitative estimate of drug-likeness (QED) is 0.611. The van der Waals surface area contributed by atoms with Crippen molar-refractivity contribution in [2.24, 2.45) is 5.41 Å². The third kappa shape index (κ3) is 3.14. The van der Waals surface area contributed by atoms with Crippen molar-refractivity contribution in [2.75, 3.05) is 13.1 Å². The van der Waals surface area contributed by atoms with Crippen LogP contribution in [0.15, 0.2) is 30.5 Å². The predicted molar refractivity (Wildman–Crippen MR) is 84.7 cm³/mol. The zero-order valence-corrected chi connectivity index (χ0v) is 14.0. The minimum absolute atomic E-state index is 0.220. The first-order valence-electron chi connectivity index (χ1n) is 7.82. The number of nitro groups is 1. The van der Waals surface area contributed by atoms with Crippen molar-refractivity contribution in [1.82, 2.24) is 19.9 Å². The number of nitro benzene ring substituents is 1. The SMILES string of the molecule is O=C(c1cn(-c2cccc([N+](=O)[O-])c2)nn1)N1CCC(C(=O)O)(C(F)(F)F)C1. The molecule has 1 fully saturated rings. The summed E-state index contributed by atoms with van der Waals surface area (Å²) in [6.45, 7) is -1.44. The normalized spacial score (nSPS) is 19.6. The number of non-ortho nitro benzene ring substituents is 1. The Kier molecular flexibility index (Phi) is 4.53. The van der Waals surface area contributed by atoms with Gasteiger partial charge in [0.05, 0.1) is 16.8 Å². The van der Waals surface area contributed by atoms with Gasteiger partial charge in [0.1, 0.15) is 0 Å². The number of benzene rings is 1. The molecule has 1 aromatic heterocycles. The zero-order chi connectivity index (χ0) is 20.7. The molecule has 13 heteroatoms. The highest BCUT2D eigenvalue weighted by Crippen LogP contribution is 2.45. The van der Waals surface area contributed by atoms with Gasteiger partial charge in [0.25, 0.3) is 11.6 Å². The topological polar surface area (TPSA) is 131 Å². The van der Waals surface area contributed by atoms with E-state index in [2.05, 4.69) is 10.3 Å². The van der Waals surface area contributed by atoms with Gasteiger partial charge in [0, 0.05) is 25.2 Å². The summed E-state index contributed by atoms with van der Waals surface area (Å²) in [5.74, 6) is -2.96. The Balaban J connectivity index is 1.83. The van der Waals surface area contributed by atoms with E-state index in [1.54, 1.807) is 0 Å². The number of hydrogen-bond acceptors (Lipinski definition) is 6. The summed E-state index contributed by atoms with van der Waals surface area (Å²) in [6, 6.07) is 5.28. The summed E-state index contributed by atoms with van der Waals surface area (Å²) in [5.41, 5.74) is -3.34. The summed E-state index contributed by atoms with van der Waals surface area (Å²) in [4.78, 5) is 34.6. The lowest BCUT2D eigenvalue weighted by atomic mass is 9.86. The Labute approximate surface area is 154 Å². The van der Waals surface area contributed by atoms with Crippen LogP contribution in [0.2, 0.25) is 0 Å². The highest BCUT2D eigenvalue weighted by atomic mass is 19.4. The molecule has 1 atom stereocenters. The second-order valence-corrected chi connectivity index (χ2v) is 6.19. The monoisotopic (exact) mass is 399 g/mol. The van der Waals surface area contributed by atoms with Gasteiger partial charge in [-0.1, -0.05) is 11.3 Å². The first-order chi connectivity index (χ1) is 13.0. The average molecular weight is 399 g/mol. The van der Waals surface area contributed by atoms with Crippen molar-refractivity contribution in [3.8, 4) is 5.69 Å². The van der Waals surface area contributed by atoms with E-state index in [0.717, 1.165) is 15.8 Å². The maximum Gasteiger partial charge on any atom is 0.406 e. The van der Waals surface area contributed by atoms with Crippen LogP contribution >= 0.6 is 0 Å². The van der Waals surface area contributed by atoms with E-state index in [0.29, 0.717) is 0 Å². The molecule has 0 spiro atoms. The smallest absolute Gasteiger partial charge is 0.406 e. The molecule has 28 heavy (non-hydrogen) atoms. The van der Waals surface area contributed by atoms with Crippen LogP contribution < -0.4 is 0 Å². The molecule has 2 aromatic rings. The second kappa shape index (κ2) is 6.58. The molecule has 148 valence electrons. The molecule has 1 aliphatic rings. The number of aromatic nitrogens is 3. The molecule has 1 saturated heterocycles. The molecule has 1 aromatic carbocycles. The van der Waals surface area contributed by atoms with E-state index < -0.39 is 47.9 Å². The van der Waals surface area contributed by atoms with E-state index >= 15 is 0 Å². The van der Waals surface area contributed by atoms with Crippen molar-refractivity contribution in [2.45, 2.75) is 12.6 Å². The number of carboxylic acids is 1. The van der Waals surface area contributed by atoms with E-state index in [-0.39, 0.29) is 17.1 Å². The van der Waals surface area contributed by atoms with E-state index in [1.165, 1.54) is 24.3 Å².